The van der Waals surface area contributed by atoms with E-state index in [-0.39, 0.29) is 5.97 Å². The molecule has 0 fully saturated rings. The first-order chi connectivity index (χ1) is 7.81. The minimum atomic E-state index is -0.294. The predicted molar refractivity (Wildman–Crippen MR) is 66.4 cm³/mol. The number of carbonyl (C=O) groups is 1. The van der Waals surface area contributed by atoms with Crippen molar-refractivity contribution < 1.29 is 9.53 Å². The van der Waals surface area contributed by atoms with Crippen molar-refractivity contribution in [3.8, 4) is 0 Å². The molecule has 2 nitrogen and oxygen atoms in total. The maximum Gasteiger partial charge on any atom is 0.330 e. The van der Waals surface area contributed by atoms with E-state index >= 15 is 0 Å². The van der Waals surface area contributed by atoms with Gasteiger partial charge in [0, 0.05) is 16.3 Å². The van der Waals surface area contributed by atoms with Crippen LogP contribution < -0.4 is 0 Å². The van der Waals surface area contributed by atoms with Gasteiger partial charge in [-0.1, -0.05) is 24.3 Å². The van der Waals surface area contributed by atoms with E-state index < -0.39 is 0 Å². The zero-order valence-corrected chi connectivity index (χ0v) is 9.79. The number of allylic oxidation sites excluding steroid dienone is 1. The lowest BCUT2D eigenvalue weighted by atomic mass is 10.2. The Morgan fingerprint density at radius 2 is 2.25 bits per heavy atom. The maximum absolute atomic E-state index is 11.2. The monoisotopic (exact) mass is 232 g/mol. The lowest BCUT2D eigenvalue weighted by Gasteiger charge is -2.00. The SMILES string of the molecule is C/C=C/C(=O)OCc1csc2ccccc12. The van der Waals surface area contributed by atoms with Gasteiger partial charge in [0.2, 0.25) is 0 Å². The fourth-order valence-electron chi connectivity index (χ4n) is 1.48. The van der Waals surface area contributed by atoms with E-state index in [2.05, 4.69) is 6.07 Å². The molecule has 0 aliphatic carbocycles. The number of rotatable bonds is 3. The third-order valence-electron chi connectivity index (χ3n) is 2.23. The van der Waals surface area contributed by atoms with Crippen molar-refractivity contribution >= 4 is 27.4 Å². The number of carbonyl (C=O) groups excluding carboxylic acids is 1. The van der Waals surface area contributed by atoms with Crippen molar-refractivity contribution in [2.24, 2.45) is 0 Å². The van der Waals surface area contributed by atoms with E-state index in [1.807, 2.05) is 23.6 Å². The lowest BCUT2D eigenvalue weighted by molar-refractivity contribution is -0.138. The van der Waals surface area contributed by atoms with Crippen molar-refractivity contribution in [3.63, 3.8) is 0 Å². The second kappa shape index (κ2) is 4.94. The topological polar surface area (TPSA) is 26.3 Å². The summed E-state index contributed by atoms with van der Waals surface area (Å²) in [6, 6.07) is 8.11. The molecule has 0 saturated heterocycles. The Hall–Kier alpha value is -1.61. The third-order valence-corrected chi connectivity index (χ3v) is 3.25. The van der Waals surface area contributed by atoms with Crippen LogP contribution in [-0.4, -0.2) is 5.97 Å². The average molecular weight is 232 g/mol. The number of esters is 1. The highest BCUT2D eigenvalue weighted by atomic mass is 32.1. The highest BCUT2D eigenvalue weighted by molar-refractivity contribution is 7.17. The molecular weight excluding hydrogens is 220 g/mol. The molecule has 16 heavy (non-hydrogen) atoms. The molecule has 0 saturated carbocycles. The molecule has 0 spiro atoms. The summed E-state index contributed by atoms with van der Waals surface area (Å²) >= 11 is 1.67. The summed E-state index contributed by atoms with van der Waals surface area (Å²) in [6.45, 7) is 2.13. The molecular formula is C13H12O2S. The van der Waals surface area contributed by atoms with Crippen LogP contribution in [0.25, 0.3) is 10.1 Å². The first kappa shape index (κ1) is 10.9. The van der Waals surface area contributed by atoms with Gasteiger partial charge < -0.3 is 4.74 Å². The molecule has 82 valence electrons. The van der Waals surface area contributed by atoms with Gasteiger partial charge in [-0.05, 0) is 23.8 Å². The van der Waals surface area contributed by atoms with Gasteiger partial charge in [-0.15, -0.1) is 11.3 Å². The van der Waals surface area contributed by atoms with E-state index in [1.165, 1.54) is 16.2 Å². The van der Waals surface area contributed by atoms with Crippen LogP contribution in [0.2, 0.25) is 0 Å². The standard InChI is InChI=1S/C13H12O2S/c1-2-5-13(14)15-8-10-9-16-12-7-4-3-6-11(10)12/h2-7,9H,8H2,1H3/b5-2+. The van der Waals surface area contributed by atoms with Crippen molar-refractivity contribution in [1.82, 2.24) is 0 Å². The van der Waals surface area contributed by atoms with E-state index in [0.717, 1.165) is 5.56 Å². The molecule has 0 bridgehead atoms. The van der Waals surface area contributed by atoms with Crippen molar-refractivity contribution in [1.29, 1.82) is 0 Å². The van der Waals surface area contributed by atoms with Gasteiger partial charge in [-0.2, -0.15) is 0 Å². The smallest absolute Gasteiger partial charge is 0.330 e. The van der Waals surface area contributed by atoms with Gasteiger partial charge in [-0.25, -0.2) is 4.79 Å². The molecule has 0 amide bonds. The zero-order valence-electron chi connectivity index (χ0n) is 8.97. The van der Waals surface area contributed by atoms with Crippen LogP contribution in [0.5, 0.6) is 0 Å². The van der Waals surface area contributed by atoms with Crippen LogP contribution >= 0.6 is 11.3 Å². The third kappa shape index (κ3) is 2.31. The Labute approximate surface area is 98.2 Å². The molecule has 0 aliphatic heterocycles. The van der Waals surface area contributed by atoms with E-state index in [1.54, 1.807) is 24.3 Å². The fourth-order valence-corrected chi connectivity index (χ4v) is 2.43. The van der Waals surface area contributed by atoms with E-state index in [4.69, 9.17) is 4.74 Å². The highest BCUT2D eigenvalue weighted by Crippen LogP contribution is 2.25. The Morgan fingerprint density at radius 1 is 1.44 bits per heavy atom. The fraction of sp³-hybridized carbons (Fsp3) is 0.154. The summed E-state index contributed by atoms with van der Waals surface area (Å²) in [5.74, 6) is -0.294. The Balaban J connectivity index is 2.13. The minimum absolute atomic E-state index is 0.294. The molecule has 2 aromatic rings. The average Bonchev–Trinajstić information content (AvgIpc) is 2.70. The Morgan fingerprint density at radius 3 is 3.06 bits per heavy atom. The van der Waals surface area contributed by atoms with Crippen molar-refractivity contribution in [2.45, 2.75) is 13.5 Å². The normalized spacial score (nSPS) is 11.1. The van der Waals surface area contributed by atoms with Gasteiger partial charge in [-0.3, -0.25) is 0 Å². The van der Waals surface area contributed by atoms with Crippen LogP contribution in [0, 0.1) is 0 Å². The van der Waals surface area contributed by atoms with Crippen molar-refractivity contribution in [3.05, 3.63) is 47.4 Å². The van der Waals surface area contributed by atoms with Gasteiger partial charge >= 0.3 is 5.97 Å². The van der Waals surface area contributed by atoms with Gasteiger partial charge in [0.05, 0.1) is 0 Å². The number of hydrogen-bond acceptors (Lipinski definition) is 3. The lowest BCUT2D eigenvalue weighted by Crippen LogP contribution is -1.99. The zero-order chi connectivity index (χ0) is 11.4. The predicted octanol–water partition coefficient (Wildman–Crippen LogP) is 3.52. The number of ether oxygens (including phenoxy) is 1. The minimum Gasteiger partial charge on any atom is -0.458 e. The van der Waals surface area contributed by atoms with Crippen LogP contribution in [0.15, 0.2) is 41.8 Å². The molecule has 0 unspecified atom stereocenters. The Bertz CT molecular complexity index is 525. The molecule has 0 aliphatic rings. The van der Waals surface area contributed by atoms with E-state index in [0.29, 0.717) is 6.61 Å². The molecule has 1 heterocycles. The second-order valence-corrected chi connectivity index (χ2v) is 4.28. The van der Waals surface area contributed by atoms with Crippen LogP contribution in [0.3, 0.4) is 0 Å². The first-order valence-electron chi connectivity index (χ1n) is 5.06. The molecule has 3 heteroatoms. The maximum atomic E-state index is 11.2. The van der Waals surface area contributed by atoms with E-state index in [9.17, 15) is 4.79 Å². The number of thiophene rings is 1. The summed E-state index contributed by atoms with van der Waals surface area (Å²) in [6.07, 6.45) is 3.10. The van der Waals surface area contributed by atoms with Gasteiger partial charge in [0.25, 0.3) is 0 Å². The van der Waals surface area contributed by atoms with Crippen molar-refractivity contribution in [2.75, 3.05) is 0 Å². The summed E-state index contributed by atoms with van der Waals surface area (Å²) in [5, 5.41) is 3.20. The van der Waals surface area contributed by atoms with Gasteiger partial charge in [0.15, 0.2) is 0 Å². The summed E-state index contributed by atoms with van der Waals surface area (Å²) in [7, 11) is 0. The molecule has 0 atom stereocenters. The molecule has 0 N–H and O–H groups in total. The quantitative estimate of drug-likeness (QED) is 0.598. The highest BCUT2D eigenvalue weighted by Gasteiger charge is 2.04. The molecule has 1 aromatic heterocycles. The summed E-state index contributed by atoms with van der Waals surface area (Å²) in [4.78, 5) is 11.2. The molecule has 1 aromatic carbocycles. The summed E-state index contributed by atoms with van der Waals surface area (Å²) in [5.41, 5.74) is 1.07. The number of fused-ring (bicyclic) bond motifs is 1. The largest absolute Gasteiger partial charge is 0.458 e. The first-order valence-corrected chi connectivity index (χ1v) is 5.94. The van der Waals surface area contributed by atoms with Gasteiger partial charge in [0.1, 0.15) is 6.61 Å². The second-order valence-electron chi connectivity index (χ2n) is 3.36. The van der Waals surface area contributed by atoms with Crippen LogP contribution in [0.4, 0.5) is 0 Å². The van der Waals surface area contributed by atoms with Crippen LogP contribution in [-0.2, 0) is 16.1 Å². The number of hydrogen-bond donors (Lipinski definition) is 0. The molecule has 2 rings (SSSR count). The number of benzene rings is 1. The van der Waals surface area contributed by atoms with Crippen LogP contribution in [0.1, 0.15) is 12.5 Å². The molecule has 0 radical (unpaired) electrons. The Kier molecular flexibility index (Phi) is 3.37. The summed E-state index contributed by atoms with van der Waals surface area (Å²) < 4.78 is 6.34.